The van der Waals surface area contributed by atoms with Crippen molar-refractivity contribution < 1.29 is 19.4 Å². The maximum atomic E-state index is 11.5. The third-order valence-corrected chi connectivity index (χ3v) is 2.49. The molecule has 0 fully saturated rings. The molecule has 1 rings (SSSR count). The summed E-state index contributed by atoms with van der Waals surface area (Å²) in [5.74, 6) is -0.983. The van der Waals surface area contributed by atoms with Crippen LogP contribution in [0.15, 0.2) is 24.3 Å². The van der Waals surface area contributed by atoms with Crippen molar-refractivity contribution in [3.8, 4) is 5.75 Å². The number of esters is 1. The first-order valence-corrected chi connectivity index (χ1v) is 5.98. The van der Waals surface area contributed by atoms with Gasteiger partial charge in [0.05, 0.1) is 6.42 Å². The molecule has 0 heterocycles. The van der Waals surface area contributed by atoms with E-state index in [0.717, 1.165) is 12.0 Å². The number of benzene rings is 1. The summed E-state index contributed by atoms with van der Waals surface area (Å²) in [6, 6.07) is 5.84. The summed E-state index contributed by atoms with van der Waals surface area (Å²) in [7, 11) is 0. The monoisotopic (exact) mass is 266 g/mol. The van der Waals surface area contributed by atoms with E-state index in [-0.39, 0.29) is 13.0 Å². The maximum absolute atomic E-state index is 11.5. The number of primary amides is 1. The Morgan fingerprint density at radius 3 is 2.42 bits per heavy atom. The molecule has 1 atom stereocenters. The van der Waals surface area contributed by atoms with Crippen LogP contribution in [0, 0.1) is 0 Å². The van der Waals surface area contributed by atoms with Crippen molar-refractivity contribution in [3.05, 3.63) is 29.8 Å². The van der Waals surface area contributed by atoms with Gasteiger partial charge in [0.15, 0.2) is 0 Å². The molecule has 0 saturated carbocycles. The summed E-state index contributed by atoms with van der Waals surface area (Å²) in [6.07, 6.45) is 1.20. The Morgan fingerprint density at radius 2 is 1.89 bits per heavy atom. The molecule has 0 aromatic heterocycles. The molecular formula is C13H18N2O4. The number of rotatable bonds is 7. The molecule has 0 saturated heterocycles. The topological polar surface area (TPSA) is 116 Å². The summed E-state index contributed by atoms with van der Waals surface area (Å²) < 4.78 is 5.02. The van der Waals surface area contributed by atoms with Gasteiger partial charge in [-0.1, -0.05) is 12.1 Å². The predicted octanol–water partition coefficient (Wildman–Crippen LogP) is -0.280. The lowest BCUT2D eigenvalue weighted by Crippen LogP contribution is -2.37. The number of carbonyl (C=O) groups excluding carboxylic acids is 2. The van der Waals surface area contributed by atoms with E-state index in [2.05, 4.69) is 0 Å². The van der Waals surface area contributed by atoms with E-state index in [9.17, 15) is 9.59 Å². The highest BCUT2D eigenvalue weighted by Crippen LogP contribution is 2.14. The van der Waals surface area contributed by atoms with Gasteiger partial charge < -0.3 is 21.3 Å². The van der Waals surface area contributed by atoms with E-state index in [1.165, 1.54) is 0 Å². The fourth-order valence-electron chi connectivity index (χ4n) is 1.50. The smallest absolute Gasteiger partial charge is 0.328 e. The van der Waals surface area contributed by atoms with Crippen LogP contribution in [-0.2, 0) is 16.0 Å². The Hall–Kier alpha value is -1.92. The van der Waals surface area contributed by atoms with E-state index < -0.39 is 17.9 Å². The van der Waals surface area contributed by atoms with Crippen LogP contribution in [0.25, 0.3) is 0 Å². The molecule has 1 aromatic carbocycles. The van der Waals surface area contributed by atoms with Crippen molar-refractivity contribution in [2.45, 2.75) is 25.3 Å². The van der Waals surface area contributed by atoms with Crippen molar-refractivity contribution in [1.29, 1.82) is 0 Å². The van der Waals surface area contributed by atoms with Crippen molar-refractivity contribution in [2.75, 3.05) is 6.61 Å². The minimum absolute atomic E-state index is 0.138. The van der Waals surface area contributed by atoms with Gasteiger partial charge in [0.25, 0.3) is 0 Å². The molecule has 1 aromatic rings. The zero-order valence-electron chi connectivity index (χ0n) is 10.5. The summed E-state index contributed by atoms with van der Waals surface area (Å²) in [4.78, 5) is 22.1. The van der Waals surface area contributed by atoms with Crippen LogP contribution < -0.4 is 16.2 Å². The van der Waals surface area contributed by atoms with Crippen molar-refractivity contribution in [1.82, 2.24) is 0 Å². The maximum Gasteiger partial charge on any atom is 0.328 e. The Kier molecular flexibility index (Phi) is 5.98. The second kappa shape index (κ2) is 7.50. The molecule has 0 bridgehead atoms. The van der Waals surface area contributed by atoms with E-state index in [1.54, 1.807) is 24.3 Å². The van der Waals surface area contributed by atoms with E-state index in [1.807, 2.05) is 0 Å². The number of hydrogen-bond acceptors (Lipinski definition) is 5. The van der Waals surface area contributed by atoms with Crippen LogP contribution >= 0.6 is 0 Å². The van der Waals surface area contributed by atoms with Gasteiger partial charge in [-0.05, 0) is 30.5 Å². The van der Waals surface area contributed by atoms with Crippen LogP contribution in [0.2, 0.25) is 0 Å². The molecule has 0 unspecified atom stereocenters. The SMILES string of the molecule is NC(=O)C[C@H](N)C(=O)Oc1ccc(CCCO)cc1. The molecular weight excluding hydrogens is 248 g/mol. The number of carbonyl (C=O) groups is 2. The number of aryl methyl sites for hydroxylation is 1. The molecule has 0 spiro atoms. The Morgan fingerprint density at radius 1 is 1.26 bits per heavy atom. The molecule has 0 aliphatic heterocycles. The lowest BCUT2D eigenvalue weighted by molar-refractivity contribution is -0.137. The van der Waals surface area contributed by atoms with E-state index in [0.29, 0.717) is 12.2 Å². The molecule has 5 N–H and O–H groups in total. The number of amides is 1. The first-order chi connectivity index (χ1) is 9.02. The third-order valence-electron chi connectivity index (χ3n) is 2.49. The molecule has 104 valence electrons. The average molecular weight is 266 g/mol. The Balaban J connectivity index is 2.52. The van der Waals surface area contributed by atoms with Gasteiger partial charge in [0, 0.05) is 6.61 Å². The number of aliphatic hydroxyl groups excluding tert-OH is 1. The fraction of sp³-hybridized carbons (Fsp3) is 0.385. The quantitative estimate of drug-likeness (QED) is 0.463. The first kappa shape index (κ1) is 15.1. The summed E-state index contributed by atoms with van der Waals surface area (Å²) in [5.41, 5.74) is 11.4. The zero-order valence-corrected chi connectivity index (χ0v) is 10.5. The van der Waals surface area contributed by atoms with Crippen LogP contribution in [0.5, 0.6) is 5.75 Å². The van der Waals surface area contributed by atoms with Crippen LogP contribution in [0.1, 0.15) is 18.4 Å². The van der Waals surface area contributed by atoms with Crippen LogP contribution in [0.3, 0.4) is 0 Å². The molecule has 6 nitrogen and oxygen atoms in total. The standard InChI is InChI=1S/C13H18N2O4/c14-11(8-12(15)17)13(18)19-10-5-3-9(4-6-10)2-1-7-16/h3-6,11,16H,1-2,7-8,14H2,(H2,15,17)/t11-/m0/s1. The van der Waals surface area contributed by atoms with Crippen LogP contribution in [0.4, 0.5) is 0 Å². The fourth-order valence-corrected chi connectivity index (χ4v) is 1.50. The molecule has 0 aliphatic carbocycles. The largest absolute Gasteiger partial charge is 0.425 e. The molecule has 0 aliphatic rings. The second-order valence-corrected chi connectivity index (χ2v) is 4.17. The van der Waals surface area contributed by atoms with Gasteiger partial charge >= 0.3 is 5.97 Å². The minimum atomic E-state index is -1.05. The third kappa shape index (κ3) is 5.50. The highest BCUT2D eigenvalue weighted by Gasteiger charge is 2.18. The summed E-state index contributed by atoms with van der Waals surface area (Å²) in [5, 5.41) is 8.71. The number of aliphatic hydroxyl groups is 1. The summed E-state index contributed by atoms with van der Waals surface area (Å²) in [6.45, 7) is 0.138. The number of hydrogen-bond donors (Lipinski definition) is 3. The predicted molar refractivity (Wildman–Crippen MR) is 69.3 cm³/mol. The van der Waals surface area contributed by atoms with Crippen molar-refractivity contribution >= 4 is 11.9 Å². The number of ether oxygens (including phenoxy) is 1. The van der Waals surface area contributed by atoms with Crippen molar-refractivity contribution in [3.63, 3.8) is 0 Å². The first-order valence-electron chi connectivity index (χ1n) is 5.98. The van der Waals surface area contributed by atoms with Gasteiger partial charge in [0.2, 0.25) is 5.91 Å². The second-order valence-electron chi connectivity index (χ2n) is 4.17. The lowest BCUT2D eigenvalue weighted by atomic mass is 10.1. The average Bonchev–Trinajstić information content (AvgIpc) is 2.37. The molecule has 19 heavy (non-hydrogen) atoms. The summed E-state index contributed by atoms with van der Waals surface area (Å²) >= 11 is 0. The van der Waals surface area contributed by atoms with Gasteiger partial charge in [-0.3, -0.25) is 4.79 Å². The zero-order chi connectivity index (χ0) is 14.3. The van der Waals surface area contributed by atoms with E-state index >= 15 is 0 Å². The molecule has 1 amide bonds. The van der Waals surface area contributed by atoms with Gasteiger partial charge in [-0.25, -0.2) is 4.79 Å². The van der Waals surface area contributed by atoms with Crippen LogP contribution in [-0.4, -0.2) is 29.6 Å². The Labute approximate surface area is 111 Å². The highest BCUT2D eigenvalue weighted by atomic mass is 16.5. The van der Waals surface area contributed by atoms with Crippen molar-refractivity contribution in [2.24, 2.45) is 11.5 Å². The number of nitrogens with two attached hydrogens (primary N) is 2. The van der Waals surface area contributed by atoms with Gasteiger partial charge in [-0.15, -0.1) is 0 Å². The van der Waals surface area contributed by atoms with E-state index in [4.69, 9.17) is 21.3 Å². The lowest BCUT2D eigenvalue weighted by Gasteiger charge is -2.09. The van der Waals surface area contributed by atoms with Gasteiger partial charge in [-0.2, -0.15) is 0 Å². The molecule has 6 heteroatoms. The highest BCUT2D eigenvalue weighted by molar-refractivity contribution is 5.85. The minimum Gasteiger partial charge on any atom is -0.425 e. The molecule has 0 radical (unpaired) electrons. The Bertz CT molecular complexity index is 431. The normalized spacial score (nSPS) is 11.9. The van der Waals surface area contributed by atoms with Gasteiger partial charge in [0.1, 0.15) is 11.8 Å².